The van der Waals surface area contributed by atoms with Crippen molar-refractivity contribution in [2.75, 3.05) is 0 Å². The van der Waals surface area contributed by atoms with Gasteiger partial charge in [-0.15, -0.1) is 11.3 Å². The Balaban J connectivity index is 1.33. The minimum absolute atomic E-state index is 0.00381. The predicted molar refractivity (Wildman–Crippen MR) is 148 cm³/mol. The Morgan fingerprint density at radius 1 is 0.618 bits per heavy atom. The summed E-state index contributed by atoms with van der Waals surface area (Å²) in [5.41, 5.74) is 4.81. The Morgan fingerprint density at radius 3 is 2.15 bits per heavy atom. The molecule has 0 N–H and O–H groups in total. The van der Waals surface area contributed by atoms with Crippen LogP contribution in [0.5, 0.6) is 0 Å². The molecule has 0 saturated carbocycles. The maximum Gasteiger partial charge on any atom is 0.139 e. The van der Waals surface area contributed by atoms with Crippen LogP contribution in [0.3, 0.4) is 0 Å². The van der Waals surface area contributed by atoms with Gasteiger partial charge < -0.3 is 4.42 Å². The summed E-state index contributed by atoms with van der Waals surface area (Å²) in [5.74, 6) is 0. The molecule has 2 heterocycles. The highest BCUT2D eigenvalue weighted by atomic mass is 32.1. The highest BCUT2D eigenvalue weighted by Gasteiger charge is 2.30. The molecule has 34 heavy (non-hydrogen) atoms. The van der Waals surface area contributed by atoms with Crippen LogP contribution in [0.15, 0.2) is 89.3 Å². The molecule has 0 bridgehead atoms. The van der Waals surface area contributed by atoms with Crippen molar-refractivity contribution >= 4 is 53.4 Å². The van der Waals surface area contributed by atoms with E-state index in [9.17, 15) is 0 Å². The van der Waals surface area contributed by atoms with Crippen molar-refractivity contribution in [2.24, 2.45) is 0 Å². The highest BCUT2D eigenvalue weighted by molar-refractivity contribution is 7.25. The first-order valence-corrected chi connectivity index (χ1v) is 13.0. The largest absolute Gasteiger partial charge is 0.456 e. The molecule has 0 amide bonds. The molecule has 0 aliphatic rings. The van der Waals surface area contributed by atoms with Crippen LogP contribution >= 0.6 is 11.3 Å². The van der Waals surface area contributed by atoms with Crippen LogP contribution in [0.25, 0.3) is 42.1 Å². The Labute approximate surface area is 205 Å². The van der Waals surface area contributed by atoms with Gasteiger partial charge in [-0.3, -0.25) is 0 Å². The first-order chi connectivity index (χ1) is 16.3. The lowest BCUT2D eigenvalue weighted by atomic mass is 9.72. The molecule has 6 aromatic rings. The number of hydrogen-bond acceptors (Lipinski definition) is 2. The third kappa shape index (κ3) is 3.44. The summed E-state index contributed by atoms with van der Waals surface area (Å²) < 4.78 is 9.11. The zero-order valence-electron chi connectivity index (χ0n) is 20.3. The first kappa shape index (κ1) is 21.4. The fourth-order valence-electron chi connectivity index (χ4n) is 5.33. The van der Waals surface area contributed by atoms with Crippen molar-refractivity contribution < 1.29 is 4.42 Å². The molecule has 2 aromatic heterocycles. The molecule has 2 heteroatoms. The lowest BCUT2D eigenvalue weighted by Gasteiger charge is -2.32. The molecule has 6 rings (SSSR count). The maximum atomic E-state index is 6.37. The van der Waals surface area contributed by atoms with Gasteiger partial charge in [-0.25, -0.2) is 0 Å². The third-order valence-corrected chi connectivity index (χ3v) is 8.82. The van der Waals surface area contributed by atoms with Crippen LogP contribution in [0.2, 0.25) is 0 Å². The Hall–Kier alpha value is -3.10. The van der Waals surface area contributed by atoms with Crippen molar-refractivity contribution in [1.29, 1.82) is 0 Å². The van der Waals surface area contributed by atoms with E-state index >= 15 is 0 Å². The molecule has 0 fully saturated rings. The molecule has 0 saturated heterocycles. The highest BCUT2D eigenvalue weighted by Crippen LogP contribution is 2.42. The van der Waals surface area contributed by atoms with Crippen molar-refractivity contribution in [1.82, 2.24) is 0 Å². The molecule has 4 aromatic carbocycles. The van der Waals surface area contributed by atoms with Crippen LogP contribution < -0.4 is 0 Å². The zero-order valence-corrected chi connectivity index (χ0v) is 21.1. The van der Waals surface area contributed by atoms with E-state index in [4.69, 9.17) is 4.42 Å². The number of para-hydroxylation sites is 2. The van der Waals surface area contributed by atoms with E-state index in [-0.39, 0.29) is 10.8 Å². The van der Waals surface area contributed by atoms with E-state index < -0.39 is 0 Å². The number of hydrogen-bond donors (Lipinski definition) is 0. The molecule has 1 nitrogen and oxygen atoms in total. The average molecular weight is 463 g/mol. The molecule has 0 aliphatic heterocycles. The van der Waals surface area contributed by atoms with Gasteiger partial charge in [-0.05, 0) is 53.5 Å². The number of furan rings is 1. The van der Waals surface area contributed by atoms with E-state index in [1.807, 2.05) is 17.4 Å². The zero-order chi connectivity index (χ0) is 23.5. The van der Waals surface area contributed by atoms with Gasteiger partial charge in [0.1, 0.15) is 11.2 Å². The van der Waals surface area contributed by atoms with Crippen molar-refractivity contribution in [3.8, 4) is 0 Å². The van der Waals surface area contributed by atoms with Crippen LogP contribution in [-0.2, 0) is 10.8 Å². The van der Waals surface area contributed by atoms with Crippen LogP contribution in [0.1, 0.15) is 51.7 Å². The number of benzene rings is 4. The van der Waals surface area contributed by atoms with Gasteiger partial charge in [0.15, 0.2) is 0 Å². The molecule has 0 unspecified atom stereocenters. The molecular formula is C32H30OS. The second-order valence-corrected chi connectivity index (χ2v) is 11.9. The third-order valence-electron chi connectivity index (χ3n) is 7.67. The predicted octanol–water partition coefficient (Wildman–Crippen LogP) is 9.99. The van der Waals surface area contributed by atoms with Crippen LogP contribution in [0.4, 0.5) is 0 Å². The van der Waals surface area contributed by atoms with Gasteiger partial charge in [-0.2, -0.15) is 0 Å². The second kappa shape index (κ2) is 7.71. The lowest BCUT2D eigenvalue weighted by Crippen LogP contribution is -2.24. The van der Waals surface area contributed by atoms with E-state index in [0.29, 0.717) is 0 Å². The van der Waals surface area contributed by atoms with Gasteiger partial charge in [0, 0.05) is 36.5 Å². The lowest BCUT2D eigenvalue weighted by molar-refractivity contribution is 0.374. The van der Waals surface area contributed by atoms with Gasteiger partial charge >= 0.3 is 0 Å². The summed E-state index contributed by atoms with van der Waals surface area (Å²) >= 11 is 1.89. The molecule has 0 spiro atoms. The van der Waals surface area contributed by atoms with Crippen molar-refractivity contribution in [3.05, 3.63) is 96.1 Å². The summed E-state index contributed by atoms with van der Waals surface area (Å²) in [6.45, 7) is 9.50. The number of thiophene rings is 1. The van der Waals surface area contributed by atoms with Crippen LogP contribution in [-0.4, -0.2) is 0 Å². The fourth-order valence-corrected chi connectivity index (χ4v) is 6.42. The standard InChI is InChI=1S/C32H30OS/c1-31(2,21-16-17-29-25(20-21)23-11-6-8-15-28(23)34-29)18-19-32(3,4)26-13-9-12-24-22-10-5-7-14-27(22)33-30(24)26/h5-17,20H,18-19H2,1-4H3. The molecule has 0 radical (unpaired) electrons. The van der Waals surface area contributed by atoms with E-state index in [1.165, 1.54) is 42.1 Å². The maximum absolute atomic E-state index is 6.37. The van der Waals surface area contributed by atoms with Crippen molar-refractivity contribution in [2.45, 2.75) is 51.4 Å². The minimum Gasteiger partial charge on any atom is -0.456 e. The summed E-state index contributed by atoms with van der Waals surface area (Å²) in [6.07, 6.45) is 2.18. The van der Waals surface area contributed by atoms with Crippen LogP contribution in [0, 0.1) is 0 Å². The summed E-state index contributed by atoms with van der Waals surface area (Å²) in [6, 6.07) is 30.8. The first-order valence-electron chi connectivity index (χ1n) is 12.2. The van der Waals surface area contributed by atoms with Gasteiger partial charge in [-0.1, -0.05) is 88.4 Å². The smallest absolute Gasteiger partial charge is 0.139 e. The van der Waals surface area contributed by atoms with E-state index in [1.54, 1.807) is 0 Å². The summed E-state index contributed by atoms with van der Waals surface area (Å²) in [5, 5.41) is 5.18. The Morgan fingerprint density at radius 2 is 1.29 bits per heavy atom. The Kier molecular flexibility index (Phi) is 4.86. The molecule has 0 atom stereocenters. The van der Waals surface area contributed by atoms with E-state index in [0.717, 1.165) is 24.0 Å². The molecular weight excluding hydrogens is 432 g/mol. The summed E-state index contributed by atoms with van der Waals surface area (Å²) in [4.78, 5) is 0. The normalized spacial score (nSPS) is 12.9. The van der Waals surface area contributed by atoms with Crippen molar-refractivity contribution in [3.63, 3.8) is 0 Å². The SMILES string of the molecule is CC(C)(CCC(C)(C)c1cccc2c1oc1ccccc12)c1ccc2sc3ccccc3c2c1. The average Bonchev–Trinajstić information content (AvgIpc) is 3.40. The monoisotopic (exact) mass is 462 g/mol. The second-order valence-electron chi connectivity index (χ2n) is 10.9. The number of fused-ring (bicyclic) bond motifs is 6. The topological polar surface area (TPSA) is 13.1 Å². The molecule has 0 aliphatic carbocycles. The fraction of sp³-hybridized carbons (Fsp3) is 0.250. The van der Waals surface area contributed by atoms with Gasteiger partial charge in [0.05, 0.1) is 0 Å². The Bertz CT molecular complexity index is 1660. The quantitative estimate of drug-likeness (QED) is 0.248. The minimum atomic E-state index is 0.00381. The molecule has 170 valence electrons. The van der Waals surface area contributed by atoms with E-state index in [2.05, 4.69) is 107 Å². The summed E-state index contributed by atoms with van der Waals surface area (Å²) in [7, 11) is 0. The van der Waals surface area contributed by atoms with Gasteiger partial charge in [0.2, 0.25) is 0 Å². The number of rotatable bonds is 5. The van der Waals surface area contributed by atoms with Gasteiger partial charge in [0.25, 0.3) is 0 Å².